The first-order valence-electron chi connectivity index (χ1n) is 7.04. The molecule has 0 fully saturated rings. The van der Waals surface area contributed by atoms with Crippen LogP contribution in [0.2, 0.25) is 0 Å². The molecule has 1 N–H and O–H groups in total. The maximum absolute atomic E-state index is 11.9. The minimum atomic E-state index is -0.187. The molecular weight excluding hydrogens is 282 g/mol. The SMILES string of the molecule is COc1ccccc1OCC(=O)NCc1c(C)nn(C)c1C. The average molecular weight is 303 g/mol. The highest BCUT2D eigenvalue weighted by Gasteiger charge is 2.11. The van der Waals surface area contributed by atoms with Crippen molar-refractivity contribution in [3.63, 3.8) is 0 Å². The predicted octanol–water partition coefficient (Wildman–Crippen LogP) is 1.74. The van der Waals surface area contributed by atoms with E-state index in [1.54, 1.807) is 19.2 Å². The number of nitrogens with one attached hydrogen (secondary N) is 1. The Balaban J connectivity index is 1.88. The highest BCUT2D eigenvalue weighted by atomic mass is 16.5. The van der Waals surface area contributed by atoms with Gasteiger partial charge in [-0.15, -0.1) is 0 Å². The number of rotatable bonds is 6. The van der Waals surface area contributed by atoms with E-state index in [1.807, 2.05) is 37.7 Å². The van der Waals surface area contributed by atoms with Crippen LogP contribution >= 0.6 is 0 Å². The van der Waals surface area contributed by atoms with E-state index in [-0.39, 0.29) is 12.5 Å². The van der Waals surface area contributed by atoms with Crippen LogP contribution in [0.25, 0.3) is 0 Å². The lowest BCUT2D eigenvalue weighted by molar-refractivity contribution is -0.123. The van der Waals surface area contributed by atoms with Crippen molar-refractivity contribution >= 4 is 5.91 Å². The van der Waals surface area contributed by atoms with Crippen molar-refractivity contribution in [3.8, 4) is 11.5 Å². The second-order valence-electron chi connectivity index (χ2n) is 4.99. The van der Waals surface area contributed by atoms with E-state index >= 15 is 0 Å². The molecule has 0 aliphatic rings. The first-order chi connectivity index (χ1) is 10.5. The zero-order valence-electron chi connectivity index (χ0n) is 13.3. The zero-order chi connectivity index (χ0) is 16.1. The number of aromatic nitrogens is 2. The molecule has 1 aromatic carbocycles. The van der Waals surface area contributed by atoms with Crippen molar-refractivity contribution in [3.05, 3.63) is 41.2 Å². The minimum Gasteiger partial charge on any atom is -0.493 e. The quantitative estimate of drug-likeness (QED) is 0.883. The van der Waals surface area contributed by atoms with Gasteiger partial charge in [0.15, 0.2) is 18.1 Å². The summed E-state index contributed by atoms with van der Waals surface area (Å²) in [6, 6.07) is 7.23. The molecule has 0 aliphatic heterocycles. The Morgan fingerprint density at radius 3 is 2.55 bits per heavy atom. The molecule has 0 saturated heterocycles. The number of aryl methyl sites for hydroxylation is 2. The monoisotopic (exact) mass is 303 g/mol. The highest BCUT2D eigenvalue weighted by molar-refractivity contribution is 5.77. The van der Waals surface area contributed by atoms with Gasteiger partial charge in [0.1, 0.15) is 0 Å². The molecule has 6 nitrogen and oxygen atoms in total. The van der Waals surface area contributed by atoms with Crippen LogP contribution in [-0.2, 0) is 18.4 Å². The topological polar surface area (TPSA) is 65.4 Å². The van der Waals surface area contributed by atoms with Crippen molar-refractivity contribution < 1.29 is 14.3 Å². The maximum Gasteiger partial charge on any atom is 0.258 e. The van der Waals surface area contributed by atoms with Gasteiger partial charge in [-0.2, -0.15) is 5.10 Å². The van der Waals surface area contributed by atoms with Crippen molar-refractivity contribution in [2.24, 2.45) is 7.05 Å². The number of hydrogen-bond acceptors (Lipinski definition) is 4. The predicted molar refractivity (Wildman–Crippen MR) is 83.0 cm³/mol. The molecule has 22 heavy (non-hydrogen) atoms. The first-order valence-corrected chi connectivity index (χ1v) is 7.04. The Labute approximate surface area is 130 Å². The number of amides is 1. The van der Waals surface area contributed by atoms with Gasteiger partial charge in [0.2, 0.25) is 0 Å². The van der Waals surface area contributed by atoms with Crippen molar-refractivity contribution in [1.82, 2.24) is 15.1 Å². The molecule has 118 valence electrons. The molecule has 1 heterocycles. The van der Waals surface area contributed by atoms with Crippen LogP contribution in [-0.4, -0.2) is 29.4 Å². The minimum absolute atomic E-state index is 0.0568. The van der Waals surface area contributed by atoms with Gasteiger partial charge in [-0.3, -0.25) is 9.48 Å². The van der Waals surface area contributed by atoms with Gasteiger partial charge in [0.25, 0.3) is 5.91 Å². The molecule has 2 rings (SSSR count). The Morgan fingerprint density at radius 2 is 1.95 bits per heavy atom. The summed E-state index contributed by atoms with van der Waals surface area (Å²) in [5, 5.41) is 7.17. The molecule has 1 aromatic heterocycles. The number of para-hydroxylation sites is 2. The third-order valence-electron chi connectivity index (χ3n) is 3.55. The Bertz CT molecular complexity index is 665. The summed E-state index contributed by atoms with van der Waals surface area (Å²) in [5.41, 5.74) is 3.00. The van der Waals surface area contributed by atoms with Crippen LogP contribution in [0.4, 0.5) is 0 Å². The average Bonchev–Trinajstić information content (AvgIpc) is 2.76. The van der Waals surface area contributed by atoms with Crippen LogP contribution in [0.5, 0.6) is 11.5 Å². The Morgan fingerprint density at radius 1 is 1.27 bits per heavy atom. The largest absolute Gasteiger partial charge is 0.493 e. The van der Waals surface area contributed by atoms with Gasteiger partial charge in [0.05, 0.1) is 12.8 Å². The smallest absolute Gasteiger partial charge is 0.258 e. The number of hydrogen-bond donors (Lipinski definition) is 1. The van der Waals surface area contributed by atoms with E-state index in [4.69, 9.17) is 9.47 Å². The van der Waals surface area contributed by atoms with Gasteiger partial charge in [-0.1, -0.05) is 12.1 Å². The number of carbonyl (C=O) groups excluding carboxylic acids is 1. The fraction of sp³-hybridized carbons (Fsp3) is 0.375. The summed E-state index contributed by atoms with van der Waals surface area (Å²) < 4.78 is 12.5. The summed E-state index contributed by atoms with van der Waals surface area (Å²) >= 11 is 0. The summed E-state index contributed by atoms with van der Waals surface area (Å²) in [6.07, 6.45) is 0. The number of carbonyl (C=O) groups is 1. The van der Waals surface area contributed by atoms with Crippen LogP contribution in [0, 0.1) is 13.8 Å². The number of ether oxygens (including phenoxy) is 2. The van der Waals surface area contributed by atoms with Crippen molar-refractivity contribution in [2.75, 3.05) is 13.7 Å². The van der Waals surface area contributed by atoms with E-state index in [0.29, 0.717) is 18.0 Å². The lowest BCUT2D eigenvalue weighted by atomic mass is 10.2. The summed E-state index contributed by atoms with van der Waals surface area (Å²) in [4.78, 5) is 11.9. The van der Waals surface area contributed by atoms with Crippen LogP contribution in [0.1, 0.15) is 17.0 Å². The van der Waals surface area contributed by atoms with Crippen LogP contribution in [0.3, 0.4) is 0 Å². The van der Waals surface area contributed by atoms with Gasteiger partial charge >= 0.3 is 0 Å². The molecule has 0 saturated carbocycles. The van der Waals surface area contributed by atoms with Gasteiger partial charge in [0, 0.05) is 24.8 Å². The molecule has 2 aromatic rings. The molecule has 0 radical (unpaired) electrons. The van der Waals surface area contributed by atoms with Crippen LogP contribution < -0.4 is 14.8 Å². The zero-order valence-corrected chi connectivity index (χ0v) is 13.3. The summed E-state index contributed by atoms with van der Waals surface area (Å²) in [6.45, 7) is 4.30. The number of benzene rings is 1. The summed E-state index contributed by atoms with van der Waals surface area (Å²) in [7, 11) is 3.45. The molecule has 0 spiro atoms. The maximum atomic E-state index is 11.9. The number of nitrogens with zero attached hydrogens (tertiary/aromatic N) is 2. The summed E-state index contributed by atoms with van der Waals surface area (Å²) in [5.74, 6) is 0.969. The molecular formula is C16H21N3O3. The van der Waals surface area contributed by atoms with Crippen molar-refractivity contribution in [1.29, 1.82) is 0 Å². The fourth-order valence-electron chi connectivity index (χ4n) is 2.19. The first kappa shape index (κ1) is 15.9. The molecule has 0 atom stereocenters. The molecule has 0 bridgehead atoms. The highest BCUT2D eigenvalue weighted by Crippen LogP contribution is 2.25. The number of methoxy groups -OCH3 is 1. The third-order valence-corrected chi connectivity index (χ3v) is 3.55. The van der Waals surface area contributed by atoms with E-state index < -0.39 is 0 Å². The van der Waals surface area contributed by atoms with Gasteiger partial charge < -0.3 is 14.8 Å². The lowest BCUT2D eigenvalue weighted by Crippen LogP contribution is -2.28. The second-order valence-corrected chi connectivity index (χ2v) is 4.99. The van der Waals surface area contributed by atoms with E-state index in [9.17, 15) is 4.79 Å². The fourth-order valence-corrected chi connectivity index (χ4v) is 2.19. The Hall–Kier alpha value is -2.50. The molecule has 0 unspecified atom stereocenters. The van der Waals surface area contributed by atoms with Crippen LogP contribution in [0.15, 0.2) is 24.3 Å². The van der Waals surface area contributed by atoms with Crippen molar-refractivity contribution in [2.45, 2.75) is 20.4 Å². The van der Waals surface area contributed by atoms with E-state index in [2.05, 4.69) is 10.4 Å². The Kier molecular flexibility index (Phi) is 5.04. The van der Waals surface area contributed by atoms with E-state index in [1.165, 1.54) is 0 Å². The lowest BCUT2D eigenvalue weighted by Gasteiger charge is -2.10. The molecule has 1 amide bonds. The second kappa shape index (κ2) is 6.98. The molecule has 6 heteroatoms. The molecule has 0 aliphatic carbocycles. The van der Waals surface area contributed by atoms with Gasteiger partial charge in [-0.05, 0) is 26.0 Å². The van der Waals surface area contributed by atoms with E-state index in [0.717, 1.165) is 17.0 Å². The third kappa shape index (κ3) is 3.58. The standard InChI is InChI=1S/C16H21N3O3/c1-11-13(12(2)19(3)18-11)9-17-16(20)10-22-15-8-6-5-7-14(15)21-4/h5-8H,9-10H2,1-4H3,(H,17,20). The van der Waals surface area contributed by atoms with Gasteiger partial charge in [-0.25, -0.2) is 0 Å². The normalized spacial score (nSPS) is 10.4.